The maximum atomic E-state index is 12.3. The molecule has 0 aliphatic carbocycles. The number of fused-ring (bicyclic) bond motifs is 1. The minimum Gasteiger partial charge on any atom is -0.356 e. The molecule has 0 aromatic heterocycles. The first-order chi connectivity index (χ1) is 11.5. The quantitative estimate of drug-likeness (QED) is 0.565. The van der Waals surface area contributed by atoms with E-state index in [0.717, 1.165) is 0 Å². The first-order valence-electron chi connectivity index (χ1n) is 7.51. The van der Waals surface area contributed by atoms with E-state index in [1.54, 1.807) is 18.2 Å². The molecule has 24 heavy (non-hydrogen) atoms. The number of benzene rings is 1. The van der Waals surface area contributed by atoms with E-state index in [-0.39, 0.29) is 28.7 Å². The van der Waals surface area contributed by atoms with Crippen molar-refractivity contribution in [3.8, 4) is 12.3 Å². The summed E-state index contributed by atoms with van der Waals surface area (Å²) in [4.78, 5) is 23.3. The standard InChI is InChI=1S/C17H18N2O4S/c1-2-3-9-16(20)18-10-6-11-19-17(21)15-12-13-7-4-5-8-14(13)24(15,22)23/h1,4-5,7-8,12H,3,6,9-11H2,(H,18,20)(H,19,21). The Morgan fingerprint density at radius 1 is 1.12 bits per heavy atom. The number of carbonyl (C=O) groups excluding carboxylic acids is 2. The van der Waals surface area contributed by atoms with Gasteiger partial charge in [0.1, 0.15) is 4.91 Å². The van der Waals surface area contributed by atoms with E-state index in [2.05, 4.69) is 16.6 Å². The molecule has 0 unspecified atom stereocenters. The van der Waals surface area contributed by atoms with Crippen LogP contribution >= 0.6 is 0 Å². The zero-order valence-corrected chi connectivity index (χ0v) is 13.9. The molecular formula is C17H18N2O4S. The van der Waals surface area contributed by atoms with Crippen molar-refractivity contribution < 1.29 is 18.0 Å². The topological polar surface area (TPSA) is 92.3 Å². The summed E-state index contributed by atoms with van der Waals surface area (Å²) in [5.74, 6) is 1.60. The number of nitrogens with one attached hydrogen (secondary N) is 2. The van der Waals surface area contributed by atoms with Crippen LogP contribution in [-0.2, 0) is 19.4 Å². The molecule has 0 saturated heterocycles. The Balaban J connectivity index is 1.81. The summed E-state index contributed by atoms with van der Waals surface area (Å²) in [6, 6.07) is 6.47. The van der Waals surface area contributed by atoms with Gasteiger partial charge in [-0.2, -0.15) is 0 Å². The summed E-state index contributed by atoms with van der Waals surface area (Å²) >= 11 is 0. The summed E-state index contributed by atoms with van der Waals surface area (Å²) in [5.41, 5.74) is 0.517. The van der Waals surface area contributed by atoms with E-state index in [1.165, 1.54) is 12.1 Å². The molecule has 0 radical (unpaired) electrons. The van der Waals surface area contributed by atoms with Crippen molar-refractivity contribution in [1.29, 1.82) is 0 Å². The fourth-order valence-corrected chi connectivity index (χ4v) is 3.78. The molecule has 1 aromatic carbocycles. The lowest BCUT2D eigenvalue weighted by Crippen LogP contribution is -2.31. The monoisotopic (exact) mass is 346 g/mol. The van der Waals surface area contributed by atoms with Gasteiger partial charge >= 0.3 is 0 Å². The second kappa shape index (κ2) is 7.79. The largest absolute Gasteiger partial charge is 0.356 e. The van der Waals surface area contributed by atoms with E-state index in [1.807, 2.05) is 0 Å². The molecule has 1 aliphatic heterocycles. The van der Waals surface area contributed by atoms with Gasteiger partial charge in [0.15, 0.2) is 0 Å². The van der Waals surface area contributed by atoms with Crippen LogP contribution in [-0.4, -0.2) is 33.3 Å². The molecule has 126 valence electrons. The number of terminal acetylenes is 1. The van der Waals surface area contributed by atoms with Gasteiger partial charge in [0, 0.05) is 25.9 Å². The van der Waals surface area contributed by atoms with Crippen molar-refractivity contribution in [3.63, 3.8) is 0 Å². The third-order valence-electron chi connectivity index (χ3n) is 3.47. The highest BCUT2D eigenvalue weighted by Crippen LogP contribution is 2.32. The maximum absolute atomic E-state index is 12.3. The van der Waals surface area contributed by atoms with Crippen molar-refractivity contribution in [3.05, 3.63) is 34.7 Å². The number of carbonyl (C=O) groups is 2. The van der Waals surface area contributed by atoms with E-state index in [9.17, 15) is 18.0 Å². The second-order valence-electron chi connectivity index (χ2n) is 5.21. The lowest BCUT2D eigenvalue weighted by atomic mass is 10.2. The van der Waals surface area contributed by atoms with Gasteiger partial charge in [-0.1, -0.05) is 18.2 Å². The van der Waals surface area contributed by atoms with Crippen LogP contribution in [0.4, 0.5) is 0 Å². The van der Waals surface area contributed by atoms with Crippen molar-refractivity contribution in [2.24, 2.45) is 0 Å². The first-order valence-corrected chi connectivity index (χ1v) is 8.99. The Hall–Kier alpha value is -2.59. The van der Waals surface area contributed by atoms with Gasteiger partial charge in [-0.25, -0.2) is 8.42 Å². The third kappa shape index (κ3) is 4.03. The highest BCUT2D eigenvalue weighted by atomic mass is 32.2. The van der Waals surface area contributed by atoms with Gasteiger partial charge in [0.05, 0.1) is 4.90 Å². The molecule has 0 fully saturated rings. The highest BCUT2D eigenvalue weighted by Gasteiger charge is 2.33. The normalized spacial score (nSPS) is 14.2. The number of hydrogen-bond acceptors (Lipinski definition) is 4. The molecule has 6 nitrogen and oxygen atoms in total. The Kier molecular flexibility index (Phi) is 5.77. The van der Waals surface area contributed by atoms with Gasteiger partial charge in [0.25, 0.3) is 5.91 Å². The lowest BCUT2D eigenvalue weighted by molar-refractivity contribution is -0.121. The van der Waals surface area contributed by atoms with Gasteiger partial charge in [-0.3, -0.25) is 9.59 Å². The van der Waals surface area contributed by atoms with Crippen LogP contribution < -0.4 is 10.6 Å². The minimum atomic E-state index is -3.75. The van der Waals surface area contributed by atoms with Gasteiger partial charge in [-0.05, 0) is 24.1 Å². The van der Waals surface area contributed by atoms with Crippen LogP contribution in [0.25, 0.3) is 6.08 Å². The summed E-state index contributed by atoms with van der Waals surface area (Å²) in [5, 5.41) is 5.23. The molecular weight excluding hydrogens is 328 g/mol. The fraction of sp³-hybridized carbons (Fsp3) is 0.294. The van der Waals surface area contributed by atoms with E-state index in [0.29, 0.717) is 24.9 Å². The Morgan fingerprint density at radius 3 is 2.54 bits per heavy atom. The number of sulfone groups is 1. The zero-order valence-electron chi connectivity index (χ0n) is 13.0. The van der Waals surface area contributed by atoms with Crippen LogP contribution in [0.3, 0.4) is 0 Å². The molecule has 1 heterocycles. The Morgan fingerprint density at radius 2 is 1.83 bits per heavy atom. The zero-order chi connectivity index (χ0) is 17.6. The molecule has 0 bridgehead atoms. The molecule has 0 saturated carbocycles. The van der Waals surface area contributed by atoms with E-state index >= 15 is 0 Å². The van der Waals surface area contributed by atoms with Crippen LogP contribution in [0.15, 0.2) is 34.1 Å². The summed E-state index contributed by atoms with van der Waals surface area (Å²) in [7, 11) is -3.75. The first kappa shape index (κ1) is 17.8. The molecule has 2 amide bonds. The molecule has 7 heteroatoms. The second-order valence-corrected chi connectivity index (χ2v) is 7.10. The SMILES string of the molecule is C#CCCC(=O)NCCCNC(=O)C1=Cc2ccccc2S1(=O)=O. The van der Waals surface area contributed by atoms with Gasteiger partial charge < -0.3 is 10.6 Å². The van der Waals surface area contributed by atoms with Gasteiger partial charge in [0.2, 0.25) is 15.7 Å². The molecule has 2 rings (SSSR count). The molecule has 1 aromatic rings. The maximum Gasteiger partial charge on any atom is 0.263 e. The molecule has 2 N–H and O–H groups in total. The summed E-state index contributed by atoms with van der Waals surface area (Å²) in [6.45, 7) is 0.646. The van der Waals surface area contributed by atoms with Crippen LogP contribution in [0.5, 0.6) is 0 Å². The van der Waals surface area contributed by atoms with Gasteiger partial charge in [-0.15, -0.1) is 12.3 Å². The number of hydrogen-bond donors (Lipinski definition) is 2. The van der Waals surface area contributed by atoms with Crippen molar-refractivity contribution in [2.75, 3.05) is 13.1 Å². The Bertz CT molecular complexity index is 819. The summed E-state index contributed by atoms with van der Waals surface area (Å²) in [6.07, 6.45) is 7.59. The highest BCUT2D eigenvalue weighted by molar-refractivity contribution is 7.96. The average molecular weight is 346 g/mol. The van der Waals surface area contributed by atoms with Crippen LogP contribution in [0.2, 0.25) is 0 Å². The van der Waals surface area contributed by atoms with Crippen molar-refractivity contribution >= 4 is 27.7 Å². The molecule has 0 atom stereocenters. The predicted molar refractivity (Wildman–Crippen MR) is 90.3 cm³/mol. The van der Waals surface area contributed by atoms with E-state index in [4.69, 9.17) is 6.42 Å². The van der Waals surface area contributed by atoms with Crippen LogP contribution in [0.1, 0.15) is 24.8 Å². The minimum absolute atomic E-state index is 0.143. The number of rotatable bonds is 7. The van der Waals surface area contributed by atoms with Crippen LogP contribution in [0, 0.1) is 12.3 Å². The van der Waals surface area contributed by atoms with Crippen molar-refractivity contribution in [1.82, 2.24) is 10.6 Å². The average Bonchev–Trinajstić information content (AvgIpc) is 2.84. The molecule has 0 spiro atoms. The van der Waals surface area contributed by atoms with Crippen molar-refractivity contribution in [2.45, 2.75) is 24.2 Å². The third-order valence-corrected chi connectivity index (χ3v) is 5.30. The van der Waals surface area contributed by atoms with E-state index < -0.39 is 15.7 Å². The fourth-order valence-electron chi connectivity index (χ4n) is 2.25. The lowest BCUT2D eigenvalue weighted by Gasteiger charge is -2.07. The summed E-state index contributed by atoms with van der Waals surface area (Å²) < 4.78 is 24.6. The smallest absolute Gasteiger partial charge is 0.263 e. The predicted octanol–water partition coefficient (Wildman–Crippen LogP) is 0.851. The number of amides is 2. The molecule has 1 aliphatic rings. The Labute approximate surface area is 141 Å².